The lowest BCUT2D eigenvalue weighted by atomic mass is 10.1. The zero-order valence-electron chi connectivity index (χ0n) is 18.0. The summed E-state index contributed by atoms with van der Waals surface area (Å²) >= 11 is 0. The number of aryl methyl sites for hydroxylation is 1. The van der Waals surface area contributed by atoms with Gasteiger partial charge in [0.2, 0.25) is 0 Å². The van der Waals surface area contributed by atoms with E-state index in [0.29, 0.717) is 35.1 Å². The second-order valence-corrected chi connectivity index (χ2v) is 7.50. The Morgan fingerprint density at radius 1 is 1.26 bits per heavy atom. The van der Waals surface area contributed by atoms with Gasteiger partial charge < -0.3 is 19.5 Å². The number of nitrogens with zero attached hydrogens (tertiary/aromatic N) is 4. The minimum Gasteiger partial charge on any atom is -0.497 e. The van der Waals surface area contributed by atoms with Crippen LogP contribution in [0.3, 0.4) is 0 Å². The molecule has 1 aliphatic rings. The Morgan fingerprint density at radius 2 is 2.13 bits per heavy atom. The summed E-state index contributed by atoms with van der Waals surface area (Å²) in [4.78, 5) is 12.9. The first-order valence-electron chi connectivity index (χ1n) is 10.3. The number of ether oxygens (including phenoxy) is 3. The van der Waals surface area contributed by atoms with Gasteiger partial charge in [-0.25, -0.2) is 0 Å². The van der Waals surface area contributed by atoms with Crippen molar-refractivity contribution >= 4 is 11.6 Å². The molecule has 1 N–H and O–H groups in total. The van der Waals surface area contributed by atoms with Gasteiger partial charge >= 0.3 is 0 Å². The zero-order valence-corrected chi connectivity index (χ0v) is 18.0. The number of anilines is 1. The van der Waals surface area contributed by atoms with Gasteiger partial charge in [0, 0.05) is 25.4 Å². The summed E-state index contributed by atoms with van der Waals surface area (Å²) in [5, 5.41) is 11.7. The van der Waals surface area contributed by atoms with Crippen LogP contribution in [0, 0.1) is 0 Å². The van der Waals surface area contributed by atoms with Crippen LogP contribution in [0.4, 0.5) is 5.69 Å². The molecule has 1 amide bonds. The minimum absolute atomic E-state index is 0.176. The van der Waals surface area contributed by atoms with Gasteiger partial charge in [-0.15, -0.1) is 0 Å². The predicted molar refractivity (Wildman–Crippen MR) is 116 cm³/mol. The third-order valence-corrected chi connectivity index (χ3v) is 5.35. The molecule has 0 saturated carbocycles. The summed E-state index contributed by atoms with van der Waals surface area (Å²) in [6.45, 7) is 1.48. The monoisotopic (exact) mass is 425 g/mol. The molecule has 2 aromatic heterocycles. The first-order chi connectivity index (χ1) is 15.1. The molecule has 3 aromatic rings. The van der Waals surface area contributed by atoms with E-state index in [1.54, 1.807) is 42.9 Å². The maximum absolute atomic E-state index is 12.9. The molecule has 3 heterocycles. The molecule has 1 aromatic carbocycles. The molecule has 9 heteroatoms. The molecule has 1 fully saturated rings. The largest absolute Gasteiger partial charge is 0.497 e. The van der Waals surface area contributed by atoms with E-state index in [1.807, 2.05) is 24.4 Å². The highest BCUT2D eigenvalue weighted by Crippen LogP contribution is 2.33. The second-order valence-electron chi connectivity index (χ2n) is 7.50. The normalized spacial score (nSPS) is 16.2. The van der Waals surface area contributed by atoms with E-state index in [2.05, 4.69) is 15.5 Å². The molecular formula is C22H27N5O4. The van der Waals surface area contributed by atoms with Gasteiger partial charge in [-0.3, -0.25) is 14.2 Å². The van der Waals surface area contributed by atoms with Crippen LogP contribution in [0.25, 0.3) is 11.3 Å². The summed E-state index contributed by atoms with van der Waals surface area (Å²) in [7, 11) is 4.93. The van der Waals surface area contributed by atoms with Gasteiger partial charge in [-0.1, -0.05) is 0 Å². The van der Waals surface area contributed by atoms with Gasteiger partial charge in [-0.2, -0.15) is 10.2 Å². The number of amides is 1. The van der Waals surface area contributed by atoms with Crippen LogP contribution >= 0.6 is 0 Å². The first-order valence-corrected chi connectivity index (χ1v) is 10.3. The zero-order chi connectivity index (χ0) is 21.8. The van der Waals surface area contributed by atoms with Crippen LogP contribution in [0.5, 0.6) is 11.5 Å². The van der Waals surface area contributed by atoms with E-state index < -0.39 is 0 Å². The van der Waals surface area contributed by atoms with Crippen molar-refractivity contribution in [2.45, 2.75) is 31.9 Å². The number of carbonyl (C=O) groups excluding carboxylic acids is 1. The number of hydrogen-bond acceptors (Lipinski definition) is 6. The minimum atomic E-state index is -0.267. The smallest absolute Gasteiger partial charge is 0.274 e. The number of carbonyl (C=O) groups is 1. The number of aromatic nitrogens is 4. The molecule has 1 atom stereocenters. The lowest BCUT2D eigenvalue weighted by Gasteiger charge is -2.22. The van der Waals surface area contributed by atoms with Gasteiger partial charge in [0.15, 0.2) is 0 Å². The van der Waals surface area contributed by atoms with Crippen LogP contribution < -0.4 is 14.8 Å². The van der Waals surface area contributed by atoms with Crippen molar-refractivity contribution in [2.24, 2.45) is 7.05 Å². The highest BCUT2D eigenvalue weighted by Gasteiger charge is 2.19. The molecule has 0 spiro atoms. The van der Waals surface area contributed by atoms with E-state index in [-0.39, 0.29) is 12.0 Å². The van der Waals surface area contributed by atoms with Gasteiger partial charge in [0.25, 0.3) is 5.91 Å². The Bertz CT molecular complexity index is 1050. The highest BCUT2D eigenvalue weighted by atomic mass is 16.5. The maximum atomic E-state index is 12.9. The molecule has 31 heavy (non-hydrogen) atoms. The average molecular weight is 425 g/mol. The summed E-state index contributed by atoms with van der Waals surface area (Å²) in [6, 6.07) is 7.19. The first kappa shape index (κ1) is 20.9. The number of methoxy groups -OCH3 is 2. The molecule has 164 valence electrons. The Balaban J connectivity index is 1.48. The SMILES string of the molecule is COc1ccc(OC)c(-c2cc(C(=O)Nc3cnn(CC4CCCCO4)c3)n(C)n2)c1. The lowest BCUT2D eigenvalue weighted by Crippen LogP contribution is -2.24. The van der Waals surface area contributed by atoms with E-state index in [9.17, 15) is 4.79 Å². The summed E-state index contributed by atoms with van der Waals surface area (Å²) < 4.78 is 19.9. The van der Waals surface area contributed by atoms with E-state index in [1.165, 1.54) is 6.42 Å². The summed E-state index contributed by atoms with van der Waals surface area (Å²) in [5.74, 6) is 1.07. The molecule has 1 unspecified atom stereocenters. The van der Waals surface area contributed by atoms with Crippen LogP contribution in [-0.4, -0.2) is 52.4 Å². The highest BCUT2D eigenvalue weighted by molar-refractivity contribution is 6.03. The molecule has 4 rings (SSSR count). The van der Waals surface area contributed by atoms with Crippen LogP contribution in [0.2, 0.25) is 0 Å². The van der Waals surface area contributed by atoms with Crippen LogP contribution in [-0.2, 0) is 18.3 Å². The molecular weight excluding hydrogens is 398 g/mol. The van der Waals surface area contributed by atoms with E-state index >= 15 is 0 Å². The number of hydrogen-bond donors (Lipinski definition) is 1. The molecule has 9 nitrogen and oxygen atoms in total. The molecule has 1 saturated heterocycles. The molecule has 0 bridgehead atoms. The third kappa shape index (κ3) is 4.72. The average Bonchev–Trinajstić information content (AvgIpc) is 3.40. The number of rotatable bonds is 7. The van der Waals surface area contributed by atoms with Crippen molar-refractivity contribution in [3.63, 3.8) is 0 Å². The van der Waals surface area contributed by atoms with E-state index in [4.69, 9.17) is 14.2 Å². The maximum Gasteiger partial charge on any atom is 0.274 e. The van der Waals surface area contributed by atoms with Crippen LogP contribution in [0.15, 0.2) is 36.7 Å². The Morgan fingerprint density at radius 3 is 2.87 bits per heavy atom. The topological polar surface area (TPSA) is 92.4 Å². The lowest BCUT2D eigenvalue weighted by molar-refractivity contribution is 0.00400. The van der Waals surface area contributed by atoms with Gasteiger partial charge in [0.05, 0.1) is 44.4 Å². The fourth-order valence-corrected chi connectivity index (χ4v) is 3.71. The fourth-order valence-electron chi connectivity index (χ4n) is 3.71. The Labute approximate surface area is 180 Å². The second kappa shape index (κ2) is 9.22. The van der Waals surface area contributed by atoms with Crippen molar-refractivity contribution in [1.82, 2.24) is 19.6 Å². The Kier molecular flexibility index (Phi) is 6.22. The van der Waals surface area contributed by atoms with Crippen molar-refractivity contribution in [2.75, 3.05) is 26.1 Å². The predicted octanol–water partition coefficient (Wildman–Crippen LogP) is 3.12. The van der Waals surface area contributed by atoms with Gasteiger partial charge in [0.1, 0.15) is 17.2 Å². The van der Waals surface area contributed by atoms with E-state index in [0.717, 1.165) is 25.0 Å². The van der Waals surface area contributed by atoms with Crippen molar-refractivity contribution in [1.29, 1.82) is 0 Å². The van der Waals surface area contributed by atoms with Crippen molar-refractivity contribution in [3.8, 4) is 22.8 Å². The Hall–Kier alpha value is -3.33. The van der Waals surface area contributed by atoms with Crippen molar-refractivity contribution < 1.29 is 19.0 Å². The summed E-state index contributed by atoms with van der Waals surface area (Å²) in [6.07, 6.45) is 6.96. The van der Waals surface area contributed by atoms with Crippen LogP contribution in [0.1, 0.15) is 29.8 Å². The fraction of sp³-hybridized carbons (Fsp3) is 0.409. The van der Waals surface area contributed by atoms with Gasteiger partial charge in [-0.05, 0) is 43.5 Å². The number of nitrogens with one attached hydrogen (secondary N) is 1. The summed E-state index contributed by atoms with van der Waals surface area (Å²) in [5.41, 5.74) is 2.41. The third-order valence-electron chi connectivity index (χ3n) is 5.35. The quantitative estimate of drug-likeness (QED) is 0.625. The molecule has 0 radical (unpaired) electrons. The number of benzene rings is 1. The standard InChI is InChI=1S/C22H27N5O4/c1-26-20(11-19(25-26)18-10-16(29-2)7-8-21(18)30-3)22(28)24-15-12-23-27(13-15)14-17-6-4-5-9-31-17/h7-8,10-13,17H,4-6,9,14H2,1-3H3,(H,24,28). The molecule has 0 aliphatic carbocycles. The molecule has 1 aliphatic heterocycles. The van der Waals surface area contributed by atoms with Crippen molar-refractivity contribution in [3.05, 3.63) is 42.4 Å².